The van der Waals surface area contributed by atoms with Gasteiger partial charge in [0.05, 0.1) is 0 Å². The van der Waals surface area contributed by atoms with Gasteiger partial charge in [-0.2, -0.15) is 0 Å². The molecule has 0 saturated carbocycles. The van der Waals surface area contributed by atoms with E-state index in [1.54, 1.807) is 0 Å². The van der Waals surface area contributed by atoms with Crippen LogP contribution in [0, 0.1) is 0 Å². The normalized spacial score (nSPS) is 11.7. The number of rotatable bonds is 12. The van der Waals surface area contributed by atoms with Gasteiger partial charge < -0.3 is 0 Å². The molecule has 70 heavy (non-hydrogen) atoms. The van der Waals surface area contributed by atoms with Crippen molar-refractivity contribution in [3.8, 4) is 22.3 Å². The van der Waals surface area contributed by atoms with Gasteiger partial charge in [0.2, 0.25) is 0 Å². The van der Waals surface area contributed by atoms with Crippen LogP contribution in [0.4, 0.5) is 0 Å². The molecule has 9 rings (SSSR count). The Balaban J connectivity index is 1.03. The first-order chi connectivity index (χ1) is 34.0. The summed E-state index contributed by atoms with van der Waals surface area (Å²) in [6.07, 6.45) is 13.6. The molecule has 0 amide bonds. The van der Waals surface area contributed by atoms with Gasteiger partial charge >= 0.3 is 0 Å². The molecule has 0 aliphatic heterocycles. The predicted molar refractivity (Wildman–Crippen MR) is 305 cm³/mol. The van der Waals surface area contributed by atoms with E-state index in [0.29, 0.717) is 0 Å². The molecule has 9 aromatic carbocycles. The SMILES string of the molecule is CC(C)(C)c1cc(-c2ccccc2/C=C\c2ccc(C=C(c3ccccc3)c3ccccc3)cc2)c(C(C)(C)C)cc1-c1ccccc1C=Cc1ccc(C=C(c2ccccc2)c2ccccc2)cc1. The van der Waals surface area contributed by atoms with E-state index in [4.69, 9.17) is 0 Å². The van der Waals surface area contributed by atoms with Crippen molar-refractivity contribution in [2.75, 3.05) is 0 Å². The van der Waals surface area contributed by atoms with Crippen LogP contribution in [-0.4, -0.2) is 0 Å². The zero-order valence-corrected chi connectivity index (χ0v) is 41.4. The number of benzene rings is 9. The third kappa shape index (κ3) is 11.3. The lowest BCUT2D eigenvalue weighted by atomic mass is 9.73. The van der Waals surface area contributed by atoms with Crippen LogP contribution < -0.4 is 0 Å². The van der Waals surface area contributed by atoms with E-state index in [0.717, 1.165) is 11.1 Å². The molecule has 0 nitrogen and oxygen atoms in total. The molecule has 0 aromatic heterocycles. The van der Waals surface area contributed by atoms with E-state index >= 15 is 0 Å². The van der Waals surface area contributed by atoms with Crippen molar-refractivity contribution in [1.82, 2.24) is 0 Å². The first-order valence-corrected chi connectivity index (χ1v) is 24.6. The molecule has 0 heteroatoms. The van der Waals surface area contributed by atoms with Gasteiger partial charge in [0.25, 0.3) is 0 Å². The first-order valence-electron chi connectivity index (χ1n) is 24.6. The monoisotopic (exact) mass is 902 g/mol. The fraction of sp³-hybridized carbons (Fsp3) is 0.114. The molecule has 0 saturated heterocycles. The minimum Gasteiger partial charge on any atom is -0.0622 e. The van der Waals surface area contributed by atoms with Crippen molar-refractivity contribution in [2.45, 2.75) is 52.4 Å². The van der Waals surface area contributed by atoms with Gasteiger partial charge in [-0.25, -0.2) is 0 Å². The van der Waals surface area contributed by atoms with Gasteiger partial charge in [-0.05, 0) is 135 Å². The zero-order valence-electron chi connectivity index (χ0n) is 41.4. The lowest BCUT2D eigenvalue weighted by molar-refractivity contribution is 0.580. The molecule has 0 aliphatic carbocycles. The summed E-state index contributed by atoms with van der Waals surface area (Å²) in [6, 6.07) is 83.1. The molecule has 0 heterocycles. The Bertz CT molecular complexity index is 2980. The molecule has 342 valence electrons. The molecule has 0 N–H and O–H groups in total. The van der Waals surface area contributed by atoms with E-state index in [1.165, 1.54) is 89.0 Å². The van der Waals surface area contributed by atoms with Gasteiger partial charge in [0, 0.05) is 0 Å². The highest BCUT2D eigenvalue weighted by Crippen LogP contribution is 2.44. The fourth-order valence-corrected chi connectivity index (χ4v) is 9.31. The van der Waals surface area contributed by atoms with Crippen molar-refractivity contribution >= 4 is 47.6 Å². The maximum Gasteiger partial charge on any atom is -0.0105 e. The Morgan fingerprint density at radius 1 is 0.271 bits per heavy atom. The number of hydrogen-bond donors (Lipinski definition) is 0. The summed E-state index contributed by atoms with van der Waals surface area (Å²) in [4.78, 5) is 0. The van der Waals surface area contributed by atoms with Gasteiger partial charge in [0.15, 0.2) is 0 Å². The van der Waals surface area contributed by atoms with E-state index in [9.17, 15) is 0 Å². The molecule has 0 atom stereocenters. The molecule has 9 aromatic rings. The minimum atomic E-state index is -0.124. The van der Waals surface area contributed by atoms with E-state index in [1.807, 2.05) is 0 Å². The van der Waals surface area contributed by atoms with Crippen molar-refractivity contribution in [3.63, 3.8) is 0 Å². The Hall–Kier alpha value is -8.06. The number of hydrogen-bond acceptors (Lipinski definition) is 0. The lowest BCUT2D eigenvalue weighted by Crippen LogP contribution is -2.18. The standard InChI is InChI=1S/C70H62/c1-69(2,3)67-49-66(62-34-22-20-32-60(62)46-44-52-37-41-54(42-38-52)48-64(57-27-15-9-16-28-57)58-29-17-10-18-30-58)68(70(4,5)6)50-65(67)61-33-21-19-31-59(61)45-43-51-35-39-53(40-36-51)47-63(55-23-11-7-12-24-55)56-25-13-8-14-26-56/h7-50H,1-6H3/b45-43-,46-44?. The van der Waals surface area contributed by atoms with Gasteiger partial charge in [-0.1, -0.05) is 284 Å². The van der Waals surface area contributed by atoms with E-state index < -0.39 is 0 Å². The minimum absolute atomic E-state index is 0.124. The van der Waals surface area contributed by atoms with Gasteiger partial charge in [-0.15, -0.1) is 0 Å². The Morgan fingerprint density at radius 2 is 0.543 bits per heavy atom. The molecule has 0 radical (unpaired) electrons. The average Bonchev–Trinajstić information content (AvgIpc) is 3.39. The molecule has 0 aliphatic rings. The quantitative estimate of drug-likeness (QED) is 0.107. The third-order valence-electron chi connectivity index (χ3n) is 13.0. The van der Waals surface area contributed by atoms with Crippen molar-refractivity contribution in [1.29, 1.82) is 0 Å². The third-order valence-corrected chi connectivity index (χ3v) is 13.0. The van der Waals surface area contributed by atoms with Crippen LogP contribution in [0.5, 0.6) is 0 Å². The van der Waals surface area contributed by atoms with Crippen molar-refractivity contribution < 1.29 is 0 Å². The molecular formula is C70H62. The molecule has 0 bridgehead atoms. The molecule has 0 spiro atoms. The average molecular weight is 903 g/mol. The summed E-state index contributed by atoms with van der Waals surface area (Å²) in [5.74, 6) is 0. The van der Waals surface area contributed by atoms with Crippen molar-refractivity contribution in [3.05, 3.63) is 297 Å². The van der Waals surface area contributed by atoms with E-state index in [-0.39, 0.29) is 10.8 Å². The van der Waals surface area contributed by atoms with Crippen LogP contribution in [0.2, 0.25) is 0 Å². The maximum atomic E-state index is 2.49. The lowest BCUT2D eigenvalue weighted by Gasteiger charge is -2.31. The van der Waals surface area contributed by atoms with Crippen LogP contribution >= 0.6 is 0 Å². The topological polar surface area (TPSA) is 0 Å². The fourth-order valence-electron chi connectivity index (χ4n) is 9.31. The van der Waals surface area contributed by atoms with Crippen molar-refractivity contribution in [2.24, 2.45) is 0 Å². The first kappa shape index (κ1) is 47.0. The molecule has 0 unspecified atom stereocenters. The largest absolute Gasteiger partial charge is 0.0622 e. The second kappa shape index (κ2) is 21.1. The Morgan fingerprint density at radius 3 is 0.843 bits per heavy atom. The highest BCUT2D eigenvalue weighted by Gasteiger charge is 2.27. The highest BCUT2D eigenvalue weighted by molar-refractivity contribution is 5.93. The second-order valence-corrected chi connectivity index (χ2v) is 20.2. The zero-order chi connectivity index (χ0) is 48.5. The van der Waals surface area contributed by atoms with Gasteiger partial charge in [0.1, 0.15) is 0 Å². The van der Waals surface area contributed by atoms with Crippen LogP contribution in [-0.2, 0) is 10.8 Å². The highest BCUT2D eigenvalue weighted by atomic mass is 14.3. The van der Waals surface area contributed by atoms with Crippen LogP contribution in [0.25, 0.3) is 69.9 Å². The molecular weight excluding hydrogens is 841 g/mol. The summed E-state index contributed by atoms with van der Waals surface area (Å²) in [5, 5.41) is 0. The van der Waals surface area contributed by atoms with E-state index in [2.05, 4.69) is 309 Å². The molecule has 0 fully saturated rings. The Kier molecular flexibility index (Phi) is 14.2. The second-order valence-electron chi connectivity index (χ2n) is 20.2. The summed E-state index contributed by atoms with van der Waals surface area (Å²) in [6.45, 7) is 14.1. The van der Waals surface area contributed by atoms with Gasteiger partial charge in [-0.3, -0.25) is 0 Å². The smallest absolute Gasteiger partial charge is 0.0105 e. The predicted octanol–water partition coefficient (Wildman–Crippen LogP) is 19.1. The van der Waals surface area contributed by atoms with Crippen LogP contribution in [0.15, 0.2) is 231 Å². The summed E-state index contributed by atoms with van der Waals surface area (Å²) < 4.78 is 0. The summed E-state index contributed by atoms with van der Waals surface area (Å²) in [7, 11) is 0. The summed E-state index contributed by atoms with van der Waals surface area (Å²) in [5.41, 5.74) is 21.7. The summed E-state index contributed by atoms with van der Waals surface area (Å²) >= 11 is 0. The maximum absolute atomic E-state index is 2.49. The Labute approximate surface area is 417 Å². The van der Waals surface area contributed by atoms with Crippen LogP contribution in [0.1, 0.15) is 108 Å². The van der Waals surface area contributed by atoms with Crippen LogP contribution in [0.3, 0.4) is 0 Å².